The third-order valence-electron chi connectivity index (χ3n) is 10.9. The first kappa shape index (κ1) is 60.9. The van der Waals surface area contributed by atoms with Crippen molar-refractivity contribution in [2.75, 3.05) is 13.1 Å². The molecule has 2 rings (SSSR count). The molecule has 0 saturated carbocycles. The Bertz CT molecular complexity index is 2050. The largest absolute Gasteiger partial charge is 0.444 e. The van der Waals surface area contributed by atoms with E-state index in [1.807, 2.05) is 38.1 Å². The van der Waals surface area contributed by atoms with Gasteiger partial charge in [-0.2, -0.15) is 0 Å². The molecular weight excluding hydrogens is 913 g/mol. The molecule has 2 unspecified atom stereocenters. The predicted octanol–water partition coefficient (Wildman–Crippen LogP) is 5.06. The van der Waals surface area contributed by atoms with E-state index in [2.05, 4.69) is 56.3 Å². The second-order valence-electron chi connectivity index (χ2n) is 20.4. The van der Waals surface area contributed by atoms with Crippen LogP contribution in [0.15, 0.2) is 48.5 Å². The van der Waals surface area contributed by atoms with Gasteiger partial charge in [-0.15, -0.1) is 0 Å². The molecule has 0 aliphatic heterocycles. The number of carbonyl (C=O) groups excluding carboxylic acids is 8. The summed E-state index contributed by atoms with van der Waals surface area (Å²) in [7, 11) is 0. The van der Waals surface area contributed by atoms with Crippen molar-refractivity contribution in [2.24, 2.45) is 11.7 Å². The van der Waals surface area contributed by atoms with Crippen molar-refractivity contribution < 1.29 is 52.9 Å². The van der Waals surface area contributed by atoms with Gasteiger partial charge in [-0.25, -0.2) is 9.59 Å². The van der Waals surface area contributed by atoms with Gasteiger partial charge in [0, 0.05) is 18.7 Å². The molecule has 0 saturated heterocycles. The van der Waals surface area contributed by atoms with Crippen molar-refractivity contribution in [3.63, 3.8) is 0 Å². The number of aryl methyl sites for hydroxylation is 1. The lowest BCUT2D eigenvalue weighted by Crippen LogP contribution is -2.58. The van der Waals surface area contributed by atoms with Crippen LogP contribution >= 0.6 is 0 Å². The normalized spacial score (nSPS) is 14.0. The van der Waals surface area contributed by atoms with Crippen molar-refractivity contribution >= 4 is 47.6 Å². The predicted molar refractivity (Wildman–Crippen MR) is 272 cm³/mol. The quantitative estimate of drug-likeness (QED) is 0.0508. The molecule has 0 aromatic heterocycles. The fourth-order valence-corrected chi connectivity index (χ4v) is 7.10. The Balaban J connectivity index is 2.35. The molecule has 19 heteroatoms. The monoisotopic (exact) mass is 995 g/mol. The van der Waals surface area contributed by atoms with E-state index in [-0.39, 0.29) is 38.3 Å². The lowest BCUT2D eigenvalue weighted by molar-refractivity contribution is -0.134. The molecule has 0 fully saturated rings. The molecule has 0 aliphatic carbocycles. The number of aliphatic hydroxyl groups excluding tert-OH is 1. The van der Waals surface area contributed by atoms with Crippen molar-refractivity contribution in [3.8, 4) is 11.1 Å². The first-order chi connectivity index (χ1) is 33.2. The zero-order chi connectivity index (χ0) is 53.5. The van der Waals surface area contributed by atoms with Gasteiger partial charge in [-0.05, 0) is 148 Å². The zero-order valence-corrected chi connectivity index (χ0v) is 43.8. The summed E-state index contributed by atoms with van der Waals surface area (Å²) in [4.78, 5) is 105. The number of hydrogen-bond acceptors (Lipinski definition) is 11. The molecule has 0 radical (unpaired) electrons. The molecule has 71 heavy (non-hydrogen) atoms. The van der Waals surface area contributed by atoms with Crippen LogP contribution in [-0.4, -0.2) is 113 Å². The molecule has 396 valence electrons. The smallest absolute Gasteiger partial charge is 0.407 e. The maximum atomic E-state index is 14.3. The Morgan fingerprint density at radius 2 is 1.03 bits per heavy atom. The van der Waals surface area contributed by atoms with Crippen LogP contribution in [-0.2, 0) is 39.9 Å². The number of unbranched alkanes of at least 4 members (excludes halogenated alkanes) is 3. The average molecular weight is 995 g/mol. The van der Waals surface area contributed by atoms with E-state index in [1.54, 1.807) is 53.7 Å². The number of amides is 8. The summed E-state index contributed by atoms with van der Waals surface area (Å²) < 4.78 is 10.6. The van der Waals surface area contributed by atoms with Crippen LogP contribution < -0.4 is 43.0 Å². The van der Waals surface area contributed by atoms with Gasteiger partial charge >= 0.3 is 12.2 Å². The van der Waals surface area contributed by atoms with Gasteiger partial charge in [0.1, 0.15) is 35.4 Å². The Kier molecular flexibility index (Phi) is 25.6. The molecule has 2 aromatic carbocycles. The van der Waals surface area contributed by atoms with E-state index < -0.39 is 95.1 Å². The van der Waals surface area contributed by atoms with E-state index in [4.69, 9.17) is 15.2 Å². The van der Waals surface area contributed by atoms with Crippen molar-refractivity contribution in [2.45, 2.75) is 188 Å². The summed E-state index contributed by atoms with van der Waals surface area (Å²) in [6.45, 7) is 19.5. The van der Waals surface area contributed by atoms with Crippen molar-refractivity contribution in [3.05, 3.63) is 59.7 Å². The Labute approximate surface area is 420 Å². The molecular formula is C52H82N8O11. The molecule has 8 amide bonds. The highest BCUT2D eigenvalue weighted by Crippen LogP contribution is 2.22. The van der Waals surface area contributed by atoms with Crippen LogP contribution in [0.1, 0.15) is 150 Å². The standard InChI is InChI=1S/C52H82N8O11/c1-12-13-18-35-21-23-36(24-22-35)37-25-27-38(28-26-37)45(64)58-40(20-15-17-30-55-50(69)71-52(9,10)11)47(66)59-39(19-14-16-29-54-49(68)70-51(6,7)8)46(65)57-34(5)44(63)60-41(31-32(2)3)48(67)56-33(4)42(61)43(53)62/h21-28,32-34,39-42,61H,12-20,29-31H2,1-11H3,(H2,53,62)(H,54,68)(H,55,69)(H,56,67)(H,57,65)(H,58,64)(H,59,66)(H,60,63)/t33-,34-,39-,40?,41-,42?/m0/s1. The van der Waals surface area contributed by atoms with Gasteiger partial charge in [-0.1, -0.05) is 63.6 Å². The number of carbonyl (C=O) groups is 8. The number of aliphatic hydroxyl groups is 1. The van der Waals surface area contributed by atoms with Crippen LogP contribution in [0.5, 0.6) is 0 Å². The minimum atomic E-state index is -1.67. The summed E-state index contributed by atoms with van der Waals surface area (Å²) in [5, 5.41) is 28.8. The summed E-state index contributed by atoms with van der Waals surface area (Å²) in [6.07, 6.45) is 2.17. The summed E-state index contributed by atoms with van der Waals surface area (Å²) >= 11 is 0. The number of benzene rings is 2. The molecule has 0 heterocycles. The van der Waals surface area contributed by atoms with Gasteiger partial charge in [0.25, 0.3) is 5.91 Å². The van der Waals surface area contributed by atoms with E-state index in [0.29, 0.717) is 31.2 Å². The van der Waals surface area contributed by atoms with Crippen LogP contribution in [0.2, 0.25) is 0 Å². The van der Waals surface area contributed by atoms with E-state index in [9.17, 15) is 43.5 Å². The first-order valence-corrected chi connectivity index (χ1v) is 24.8. The molecule has 0 aliphatic rings. The second-order valence-corrected chi connectivity index (χ2v) is 20.4. The van der Waals surface area contributed by atoms with Gasteiger partial charge < -0.3 is 57.5 Å². The zero-order valence-electron chi connectivity index (χ0n) is 43.8. The topological polar surface area (TPSA) is 285 Å². The summed E-state index contributed by atoms with van der Waals surface area (Å²) in [5.41, 5.74) is 7.21. The Morgan fingerprint density at radius 3 is 1.49 bits per heavy atom. The number of alkyl carbamates (subject to hydrolysis) is 2. The fraction of sp³-hybridized carbons (Fsp3) is 0.615. The van der Waals surface area contributed by atoms with Crippen LogP contribution in [0, 0.1) is 5.92 Å². The summed E-state index contributed by atoms with van der Waals surface area (Å²) in [5.74, 6) is -4.46. The number of nitrogens with two attached hydrogens (primary N) is 1. The SMILES string of the molecule is CCCCc1ccc(-c2ccc(C(=O)NC(CCCCNC(=O)OC(C)(C)C)C(=O)N[C@@H](CCCCNC(=O)OC(C)(C)C)C(=O)N[C@@H](C)C(=O)N[C@@H](CC(C)C)C(=O)N[C@@H](C)C(O)C(N)=O)cc2)cc1. The first-order valence-electron chi connectivity index (χ1n) is 24.8. The fourth-order valence-electron chi connectivity index (χ4n) is 7.10. The Hall–Kier alpha value is -6.24. The Morgan fingerprint density at radius 1 is 0.577 bits per heavy atom. The highest BCUT2D eigenvalue weighted by atomic mass is 16.6. The number of hydrogen-bond donors (Lipinski definition) is 9. The average Bonchev–Trinajstić information content (AvgIpc) is 3.27. The van der Waals surface area contributed by atoms with E-state index >= 15 is 0 Å². The van der Waals surface area contributed by atoms with Gasteiger partial charge in [0.2, 0.25) is 29.5 Å². The second kappa shape index (κ2) is 29.8. The van der Waals surface area contributed by atoms with Crippen LogP contribution in [0.3, 0.4) is 0 Å². The molecule has 6 atom stereocenters. The molecule has 0 bridgehead atoms. The van der Waals surface area contributed by atoms with E-state index in [1.165, 1.54) is 19.4 Å². The molecule has 2 aromatic rings. The summed E-state index contributed by atoms with van der Waals surface area (Å²) in [6, 6.07) is 9.51. The highest BCUT2D eigenvalue weighted by Gasteiger charge is 2.32. The third kappa shape index (κ3) is 24.4. The molecule has 0 spiro atoms. The number of ether oxygens (including phenoxy) is 2. The third-order valence-corrected chi connectivity index (χ3v) is 10.9. The lowest BCUT2D eigenvalue weighted by atomic mass is 10.0. The maximum Gasteiger partial charge on any atom is 0.407 e. The number of primary amides is 1. The highest BCUT2D eigenvalue weighted by molar-refractivity contribution is 5.99. The molecule has 19 nitrogen and oxygen atoms in total. The minimum absolute atomic E-state index is 0.0574. The van der Waals surface area contributed by atoms with Crippen molar-refractivity contribution in [1.29, 1.82) is 0 Å². The van der Waals surface area contributed by atoms with Gasteiger partial charge in [0.05, 0.1) is 6.04 Å². The number of nitrogens with one attached hydrogen (secondary N) is 7. The number of rotatable bonds is 28. The van der Waals surface area contributed by atoms with Crippen molar-refractivity contribution in [1.82, 2.24) is 37.2 Å². The maximum absolute atomic E-state index is 14.3. The lowest BCUT2D eigenvalue weighted by Gasteiger charge is -2.27. The van der Waals surface area contributed by atoms with Crippen LogP contribution in [0.4, 0.5) is 9.59 Å². The molecule has 10 N–H and O–H groups in total. The van der Waals surface area contributed by atoms with Gasteiger partial charge in [0.15, 0.2) is 6.10 Å². The van der Waals surface area contributed by atoms with E-state index in [0.717, 1.165) is 30.4 Å². The minimum Gasteiger partial charge on any atom is -0.444 e. The van der Waals surface area contributed by atoms with Gasteiger partial charge in [-0.3, -0.25) is 28.8 Å². The van der Waals surface area contributed by atoms with Crippen LogP contribution in [0.25, 0.3) is 11.1 Å².